The number of fused-ring (bicyclic) bond motifs is 1. The van der Waals surface area contributed by atoms with E-state index in [0.717, 1.165) is 27.5 Å². The maximum absolute atomic E-state index is 12.4. The highest BCUT2D eigenvalue weighted by Gasteiger charge is 2.14. The summed E-state index contributed by atoms with van der Waals surface area (Å²) in [6, 6.07) is 7.03. The molecule has 0 radical (unpaired) electrons. The Morgan fingerprint density at radius 2 is 2.07 bits per heavy atom. The Morgan fingerprint density at radius 3 is 2.83 bits per heavy atom. The molecule has 0 saturated carbocycles. The molecule has 0 atom stereocenters. The van der Waals surface area contributed by atoms with Gasteiger partial charge in [-0.15, -0.1) is 10.2 Å². The number of halogens is 1. The summed E-state index contributed by atoms with van der Waals surface area (Å²) >= 11 is 9.93. The molecule has 154 valence electrons. The molecule has 0 aliphatic rings. The van der Waals surface area contributed by atoms with Crippen molar-refractivity contribution in [3.05, 3.63) is 45.8 Å². The van der Waals surface area contributed by atoms with Gasteiger partial charge in [0.25, 0.3) is 5.56 Å². The average molecular weight is 480 g/mol. The van der Waals surface area contributed by atoms with E-state index < -0.39 is 0 Å². The Balaban J connectivity index is 1.50. The number of thioether (sulfide) groups is 2. The highest BCUT2D eigenvalue weighted by atomic mass is 35.5. The van der Waals surface area contributed by atoms with Gasteiger partial charge in [0.05, 0.1) is 17.6 Å². The average Bonchev–Trinajstić information content (AvgIpc) is 3.35. The van der Waals surface area contributed by atoms with Crippen LogP contribution in [0, 0.1) is 0 Å². The number of H-pyrrole nitrogens is 1. The monoisotopic (exact) mass is 479 g/mol. The number of carbonyl (C=O) groups excluding carboxylic acids is 1. The number of anilines is 1. The maximum Gasteiger partial charge on any atom is 0.262 e. The molecule has 0 aliphatic carbocycles. The Kier molecular flexibility index (Phi) is 6.37. The van der Waals surface area contributed by atoms with Crippen molar-refractivity contribution in [3.8, 4) is 5.69 Å². The third kappa shape index (κ3) is 4.67. The quantitative estimate of drug-likeness (QED) is 0.235. The smallest absolute Gasteiger partial charge is 0.262 e. The highest BCUT2D eigenvalue weighted by molar-refractivity contribution is 8.01. The number of hydrogen-bond donors (Lipinski definition) is 2. The van der Waals surface area contributed by atoms with Crippen LogP contribution >= 0.6 is 46.5 Å². The molecule has 13 heteroatoms. The standard InChI is InChI=1S/C17H14ClN7O2S3/c1-2-28-17-24-23-16(30-17)20-12(26)8-29-15-21-13-11(14(27)22-15)7-19-25(13)10-5-3-9(18)4-6-10/h3-7H,2,8H2,1H3,(H,20,23,26)(H,21,22,27). The van der Waals surface area contributed by atoms with Crippen LogP contribution in [0.15, 0.2) is 44.8 Å². The van der Waals surface area contributed by atoms with Crippen LogP contribution in [0.3, 0.4) is 0 Å². The van der Waals surface area contributed by atoms with Crippen LogP contribution in [-0.2, 0) is 4.79 Å². The van der Waals surface area contributed by atoms with Gasteiger partial charge in [-0.25, -0.2) is 9.67 Å². The number of nitrogens with zero attached hydrogens (tertiary/aromatic N) is 5. The zero-order valence-electron chi connectivity index (χ0n) is 15.5. The summed E-state index contributed by atoms with van der Waals surface area (Å²) < 4.78 is 2.35. The number of amides is 1. The molecule has 30 heavy (non-hydrogen) atoms. The Bertz CT molecular complexity index is 1250. The largest absolute Gasteiger partial charge is 0.301 e. The number of nitrogens with one attached hydrogen (secondary N) is 2. The van der Waals surface area contributed by atoms with Crippen LogP contribution in [0.25, 0.3) is 16.7 Å². The molecule has 0 fully saturated rings. The molecule has 0 aliphatic heterocycles. The minimum absolute atomic E-state index is 0.0549. The van der Waals surface area contributed by atoms with Gasteiger partial charge in [-0.1, -0.05) is 53.4 Å². The normalized spacial score (nSPS) is 11.1. The van der Waals surface area contributed by atoms with E-state index in [1.54, 1.807) is 40.7 Å². The zero-order chi connectivity index (χ0) is 21.1. The first-order valence-corrected chi connectivity index (χ1v) is 11.8. The summed E-state index contributed by atoms with van der Waals surface area (Å²) in [4.78, 5) is 31.8. The van der Waals surface area contributed by atoms with Crippen molar-refractivity contribution in [2.45, 2.75) is 16.4 Å². The van der Waals surface area contributed by atoms with Gasteiger partial charge in [0.1, 0.15) is 5.39 Å². The number of hydrogen-bond acceptors (Lipinski definition) is 9. The fourth-order valence-corrected chi connectivity index (χ4v) is 4.92. The summed E-state index contributed by atoms with van der Waals surface area (Å²) in [5, 5.41) is 16.6. The lowest BCUT2D eigenvalue weighted by atomic mass is 10.3. The predicted molar refractivity (Wildman–Crippen MR) is 120 cm³/mol. The fourth-order valence-electron chi connectivity index (χ4n) is 2.47. The summed E-state index contributed by atoms with van der Waals surface area (Å²) in [5.74, 6) is 0.671. The fraction of sp³-hybridized carbons (Fsp3) is 0.176. The van der Waals surface area contributed by atoms with Gasteiger partial charge in [0, 0.05) is 5.02 Å². The molecule has 4 rings (SSSR count). The first-order valence-electron chi connectivity index (χ1n) is 8.66. The van der Waals surface area contributed by atoms with Crippen molar-refractivity contribution in [1.29, 1.82) is 0 Å². The minimum Gasteiger partial charge on any atom is -0.301 e. The molecule has 0 spiro atoms. The van der Waals surface area contributed by atoms with Crippen LogP contribution < -0.4 is 10.9 Å². The SMILES string of the molecule is CCSc1nnc(NC(=O)CSc2nc3c(cnn3-c3ccc(Cl)cc3)c(=O)[nH]2)s1. The molecule has 2 N–H and O–H groups in total. The number of rotatable bonds is 7. The topological polar surface area (TPSA) is 118 Å². The lowest BCUT2D eigenvalue weighted by molar-refractivity contribution is -0.113. The summed E-state index contributed by atoms with van der Waals surface area (Å²) in [6.07, 6.45) is 1.46. The van der Waals surface area contributed by atoms with Crippen molar-refractivity contribution in [2.75, 3.05) is 16.8 Å². The first-order chi connectivity index (χ1) is 14.5. The second kappa shape index (κ2) is 9.16. The lowest BCUT2D eigenvalue weighted by Crippen LogP contribution is -2.15. The van der Waals surface area contributed by atoms with E-state index >= 15 is 0 Å². The second-order valence-electron chi connectivity index (χ2n) is 5.78. The first kappa shape index (κ1) is 20.8. The lowest BCUT2D eigenvalue weighted by Gasteiger charge is -2.05. The van der Waals surface area contributed by atoms with E-state index in [4.69, 9.17) is 11.6 Å². The molecular formula is C17H14ClN7O2S3. The van der Waals surface area contributed by atoms with Crippen molar-refractivity contribution in [3.63, 3.8) is 0 Å². The predicted octanol–water partition coefficient (Wildman–Crippen LogP) is 3.46. The van der Waals surface area contributed by atoms with Crippen LogP contribution in [0.5, 0.6) is 0 Å². The zero-order valence-corrected chi connectivity index (χ0v) is 18.7. The Morgan fingerprint density at radius 1 is 1.27 bits per heavy atom. The van der Waals surface area contributed by atoms with Crippen LogP contribution in [0.2, 0.25) is 5.02 Å². The van der Waals surface area contributed by atoms with Crippen LogP contribution in [-0.4, -0.2) is 47.4 Å². The van der Waals surface area contributed by atoms with Gasteiger partial charge in [-0.05, 0) is 30.0 Å². The summed E-state index contributed by atoms with van der Waals surface area (Å²) in [7, 11) is 0. The third-order valence-corrected chi connectivity index (χ3v) is 6.73. The van der Waals surface area contributed by atoms with E-state index in [1.807, 2.05) is 6.92 Å². The molecule has 1 amide bonds. The number of carbonyl (C=O) groups is 1. The summed E-state index contributed by atoms with van der Waals surface area (Å²) in [5.41, 5.74) is 0.793. The maximum atomic E-state index is 12.4. The van der Waals surface area contributed by atoms with Crippen molar-refractivity contribution >= 4 is 68.5 Å². The van der Waals surface area contributed by atoms with Gasteiger partial charge in [0.15, 0.2) is 15.1 Å². The van der Waals surface area contributed by atoms with Gasteiger partial charge < -0.3 is 4.98 Å². The van der Waals surface area contributed by atoms with Crippen molar-refractivity contribution in [2.24, 2.45) is 0 Å². The Hall–Kier alpha value is -2.41. The highest BCUT2D eigenvalue weighted by Crippen LogP contribution is 2.25. The van der Waals surface area contributed by atoms with Gasteiger partial charge >= 0.3 is 0 Å². The number of aromatic nitrogens is 6. The molecular weight excluding hydrogens is 466 g/mol. The van der Waals surface area contributed by atoms with Crippen LogP contribution in [0.1, 0.15) is 6.92 Å². The van der Waals surface area contributed by atoms with Crippen molar-refractivity contribution < 1.29 is 4.79 Å². The van der Waals surface area contributed by atoms with Crippen molar-refractivity contribution in [1.82, 2.24) is 29.9 Å². The number of aromatic amines is 1. The molecule has 9 nitrogen and oxygen atoms in total. The Labute approximate surface area is 187 Å². The van der Waals surface area contributed by atoms with Gasteiger partial charge in [-0.2, -0.15) is 5.10 Å². The van der Waals surface area contributed by atoms with Gasteiger partial charge in [0.2, 0.25) is 11.0 Å². The molecule has 0 saturated heterocycles. The molecule has 3 heterocycles. The van der Waals surface area contributed by atoms with E-state index in [9.17, 15) is 9.59 Å². The molecule has 4 aromatic rings. The van der Waals surface area contributed by atoms with E-state index in [1.165, 1.54) is 17.5 Å². The minimum atomic E-state index is -0.325. The van der Waals surface area contributed by atoms with E-state index in [2.05, 4.69) is 30.6 Å². The summed E-state index contributed by atoms with van der Waals surface area (Å²) in [6.45, 7) is 2.02. The number of benzene rings is 1. The molecule has 3 aromatic heterocycles. The molecule has 0 unspecified atom stereocenters. The molecule has 1 aromatic carbocycles. The van der Waals surface area contributed by atoms with E-state index in [0.29, 0.717) is 26.3 Å². The molecule has 0 bridgehead atoms. The van der Waals surface area contributed by atoms with Crippen LogP contribution in [0.4, 0.5) is 5.13 Å². The van der Waals surface area contributed by atoms with Gasteiger partial charge in [-0.3, -0.25) is 14.9 Å². The second-order valence-corrected chi connectivity index (χ2v) is 9.67. The third-order valence-electron chi connectivity index (χ3n) is 3.75. The van der Waals surface area contributed by atoms with E-state index in [-0.39, 0.29) is 17.2 Å².